The molecule has 3 aromatic carbocycles. The average Bonchev–Trinajstić information content (AvgIpc) is 3.03. The number of benzene rings is 3. The van der Waals surface area contributed by atoms with Gasteiger partial charge in [-0.05, 0) is 59.7 Å². The number of fused-ring (bicyclic) bond motifs is 3. The zero-order valence-corrected chi connectivity index (χ0v) is 17.4. The molecule has 0 radical (unpaired) electrons. The Morgan fingerprint density at radius 1 is 0.862 bits per heavy atom. The van der Waals surface area contributed by atoms with Crippen molar-refractivity contribution >= 4 is 23.5 Å². The Morgan fingerprint density at radius 2 is 1.55 bits per heavy atom. The summed E-state index contributed by atoms with van der Waals surface area (Å²) >= 11 is 0. The van der Waals surface area contributed by atoms with Crippen LogP contribution < -0.4 is 4.90 Å². The van der Waals surface area contributed by atoms with E-state index in [1.165, 1.54) is 47.3 Å². The van der Waals surface area contributed by atoms with Crippen LogP contribution in [-0.4, -0.2) is 6.04 Å². The molecule has 5 rings (SSSR count). The highest BCUT2D eigenvalue weighted by Gasteiger charge is 2.51. The molecule has 0 aromatic heterocycles. The fourth-order valence-electron chi connectivity index (χ4n) is 5.68. The van der Waals surface area contributed by atoms with E-state index in [-0.39, 0.29) is 5.41 Å². The average molecular weight is 380 g/mol. The Kier molecular flexibility index (Phi) is 4.54. The zero-order valence-electron chi connectivity index (χ0n) is 17.4. The van der Waals surface area contributed by atoms with Crippen molar-refractivity contribution in [2.75, 3.05) is 4.90 Å². The zero-order chi connectivity index (χ0) is 19.8. The lowest BCUT2D eigenvalue weighted by molar-refractivity contribution is 0.221. The van der Waals surface area contributed by atoms with E-state index in [1.807, 2.05) is 0 Å². The molecule has 0 bridgehead atoms. The molecule has 2 aliphatic rings. The predicted octanol–water partition coefficient (Wildman–Crippen LogP) is 7.46. The van der Waals surface area contributed by atoms with E-state index in [2.05, 4.69) is 110 Å². The van der Waals surface area contributed by atoms with Gasteiger partial charge in [0.25, 0.3) is 0 Å². The van der Waals surface area contributed by atoms with E-state index < -0.39 is 0 Å². The van der Waals surface area contributed by atoms with Crippen molar-refractivity contribution < 1.29 is 0 Å². The van der Waals surface area contributed by atoms with Crippen molar-refractivity contribution in [3.63, 3.8) is 0 Å². The first-order valence-corrected chi connectivity index (χ1v) is 10.9. The third-order valence-electron chi connectivity index (χ3n) is 7.02. The molecular formula is C28H29N. The fourth-order valence-corrected chi connectivity index (χ4v) is 5.68. The summed E-state index contributed by atoms with van der Waals surface area (Å²) in [6, 6.07) is 29.1. The monoisotopic (exact) mass is 379 g/mol. The lowest BCUT2D eigenvalue weighted by atomic mass is 9.65. The van der Waals surface area contributed by atoms with Gasteiger partial charge in [0.05, 0.1) is 0 Å². The molecular weight excluding hydrogens is 350 g/mol. The molecule has 0 amide bonds. The first-order chi connectivity index (χ1) is 14.2. The summed E-state index contributed by atoms with van der Waals surface area (Å²) < 4.78 is 0. The van der Waals surface area contributed by atoms with Gasteiger partial charge < -0.3 is 4.90 Å². The number of hydrogen-bond acceptors (Lipinski definition) is 1. The molecule has 0 N–H and O–H groups in total. The van der Waals surface area contributed by atoms with Crippen LogP contribution in [0.25, 0.3) is 12.2 Å². The second-order valence-corrected chi connectivity index (χ2v) is 8.96. The molecule has 1 aliphatic carbocycles. The van der Waals surface area contributed by atoms with Gasteiger partial charge in [0, 0.05) is 22.8 Å². The van der Waals surface area contributed by atoms with Crippen LogP contribution in [0.1, 0.15) is 49.8 Å². The summed E-state index contributed by atoms with van der Waals surface area (Å²) in [7, 11) is 0. The molecule has 1 heteroatoms. The number of hydrogen-bond donors (Lipinski definition) is 0. The van der Waals surface area contributed by atoms with Crippen LogP contribution in [0.2, 0.25) is 0 Å². The van der Waals surface area contributed by atoms with Crippen LogP contribution in [0.15, 0.2) is 78.9 Å². The minimum Gasteiger partial charge on any atom is -0.337 e. The highest BCUT2D eigenvalue weighted by Crippen LogP contribution is 2.56. The molecule has 1 saturated carbocycles. The van der Waals surface area contributed by atoms with E-state index >= 15 is 0 Å². The van der Waals surface area contributed by atoms with E-state index in [0.717, 1.165) is 0 Å². The molecule has 0 saturated heterocycles. The SMILES string of the molecule is CC1CCCC2(C)c3cc(C=Cc4ccccc4)ccc3N(c3ccccc3)C12. The smallest absolute Gasteiger partial charge is 0.0462 e. The lowest BCUT2D eigenvalue weighted by Crippen LogP contribution is -2.48. The van der Waals surface area contributed by atoms with Crippen molar-refractivity contribution in [2.45, 2.75) is 44.6 Å². The van der Waals surface area contributed by atoms with Crippen LogP contribution in [0.4, 0.5) is 11.4 Å². The molecule has 3 aromatic rings. The van der Waals surface area contributed by atoms with Crippen molar-refractivity contribution in [1.82, 2.24) is 0 Å². The summed E-state index contributed by atoms with van der Waals surface area (Å²) in [5, 5.41) is 0. The quantitative estimate of drug-likeness (QED) is 0.427. The number of para-hydroxylation sites is 1. The first-order valence-electron chi connectivity index (χ1n) is 10.9. The van der Waals surface area contributed by atoms with Crippen LogP contribution in [0, 0.1) is 5.92 Å². The molecule has 1 heterocycles. The van der Waals surface area contributed by atoms with Gasteiger partial charge in [-0.15, -0.1) is 0 Å². The van der Waals surface area contributed by atoms with E-state index in [9.17, 15) is 0 Å². The van der Waals surface area contributed by atoms with E-state index in [1.54, 1.807) is 0 Å². The molecule has 1 fully saturated rings. The second-order valence-electron chi connectivity index (χ2n) is 8.96. The minimum absolute atomic E-state index is 0.208. The largest absolute Gasteiger partial charge is 0.337 e. The number of nitrogens with zero attached hydrogens (tertiary/aromatic N) is 1. The van der Waals surface area contributed by atoms with Gasteiger partial charge in [-0.25, -0.2) is 0 Å². The third-order valence-corrected chi connectivity index (χ3v) is 7.02. The maximum atomic E-state index is 2.63. The summed E-state index contributed by atoms with van der Waals surface area (Å²) in [5.41, 5.74) is 6.99. The van der Waals surface area contributed by atoms with Crippen molar-refractivity contribution in [3.8, 4) is 0 Å². The van der Waals surface area contributed by atoms with Crippen LogP contribution in [0.5, 0.6) is 0 Å². The number of rotatable bonds is 3. The predicted molar refractivity (Wildman–Crippen MR) is 125 cm³/mol. The molecule has 3 unspecified atom stereocenters. The van der Waals surface area contributed by atoms with E-state index in [0.29, 0.717) is 12.0 Å². The summed E-state index contributed by atoms with van der Waals surface area (Å²) in [5.74, 6) is 0.685. The van der Waals surface area contributed by atoms with Gasteiger partial charge in [-0.1, -0.05) is 87.0 Å². The highest BCUT2D eigenvalue weighted by atomic mass is 15.2. The summed E-state index contributed by atoms with van der Waals surface area (Å²) in [6.45, 7) is 4.94. The Balaban J connectivity index is 1.59. The number of anilines is 2. The van der Waals surface area contributed by atoms with E-state index in [4.69, 9.17) is 0 Å². The van der Waals surface area contributed by atoms with Gasteiger partial charge in [-0.3, -0.25) is 0 Å². The second kappa shape index (κ2) is 7.22. The standard InChI is InChI=1S/C28H29N/c1-21-10-9-19-28(2)25-20-23(16-15-22-11-5-3-6-12-22)17-18-26(25)29(27(21)28)24-13-7-4-8-14-24/h3-8,11-18,20-21,27H,9-10,19H2,1-2H3. The third kappa shape index (κ3) is 3.09. The molecule has 1 nitrogen and oxygen atoms in total. The Hall–Kier alpha value is -2.80. The van der Waals surface area contributed by atoms with Gasteiger partial charge in [0.2, 0.25) is 0 Å². The lowest BCUT2D eigenvalue weighted by Gasteiger charge is -2.44. The molecule has 3 atom stereocenters. The molecule has 146 valence electrons. The van der Waals surface area contributed by atoms with Crippen LogP contribution in [0.3, 0.4) is 0 Å². The Morgan fingerprint density at radius 3 is 2.31 bits per heavy atom. The Labute approximate surface area is 174 Å². The first kappa shape index (κ1) is 18.2. The molecule has 29 heavy (non-hydrogen) atoms. The molecule has 0 spiro atoms. The van der Waals surface area contributed by atoms with Gasteiger partial charge in [0.15, 0.2) is 0 Å². The van der Waals surface area contributed by atoms with Gasteiger partial charge in [0.1, 0.15) is 0 Å². The van der Waals surface area contributed by atoms with Crippen LogP contribution in [-0.2, 0) is 5.41 Å². The molecule has 1 aliphatic heterocycles. The summed E-state index contributed by atoms with van der Waals surface area (Å²) in [4.78, 5) is 2.63. The summed E-state index contributed by atoms with van der Waals surface area (Å²) in [6.07, 6.45) is 8.38. The van der Waals surface area contributed by atoms with Crippen molar-refractivity contribution in [2.24, 2.45) is 5.92 Å². The Bertz CT molecular complexity index is 1020. The van der Waals surface area contributed by atoms with Gasteiger partial charge >= 0.3 is 0 Å². The van der Waals surface area contributed by atoms with Crippen molar-refractivity contribution in [3.05, 3.63) is 95.6 Å². The highest BCUT2D eigenvalue weighted by molar-refractivity contribution is 5.78. The van der Waals surface area contributed by atoms with Crippen molar-refractivity contribution in [1.29, 1.82) is 0 Å². The van der Waals surface area contributed by atoms with Gasteiger partial charge in [-0.2, -0.15) is 0 Å². The normalized spacial score (nSPS) is 25.8. The van der Waals surface area contributed by atoms with Crippen LogP contribution >= 0.6 is 0 Å². The fraction of sp³-hybridized carbons (Fsp3) is 0.286. The minimum atomic E-state index is 0.208. The maximum Gasteiger partial charge on any atom is 0.0462 e. The topological polar surface area (TPSA) is 3.24 Å². The maximum absolute atomic E-state index is 2.63.